The summed E-state index contributed by atoms with van der Waals surface area (Å²) in [4.78, 5) is 13.2. The Morgan fingerprint density at radius 2 is 1.61 bits per heavy atom. The summed E-state index contributed by atoms with van der Waals surface area (Å²) in [6, 6.07) is 5.36. The second-order valence-electron chi connectivity index (χ2n) is 7.45. The van der Waals surface area contributed by atoms with E-state index in [1.54, 1.807) is 0 Å². The molecule has 0 aliphatic carbocycles. The van der Waals surface area contributed by atoms with Crippen molar-refractivity contribution in [1.29, 1.82) is 0 Å². The predicted octanol–water partition coefficient (Wildman–Crippen LogP) is -0.539. The molecule has 5 atom stereocenters. The van der Waals surface area contributed by atoms with Crippen LogP contribution >= 0.6 is 0 Å². The maximum absolute atomic E-state index is 13.2. The quantitative estimate of drug-likeness (QED) is 0.229. The minimum absolute atomic E-state index is 0.0201. The molecule has 0 amide bonds. The van der Waals surface area contributed by atoms with Crippen LogP contribution in [-0.2, 0) is 4.74 Å². The molecule has 12 heteroatoms. The molecule has 1 saturated heterocycles. The zero-order valence-electron chi connectivity index (χ0n) is 16.7. The van der Waals surface area contributed by atoms with E-state index in [2.05, 4.69) is 0 Å². The molecule has 1 aromatic heterocycles. The molecule has 3 aromatic rings. The Morgan fingerprint density at radius 3 is 2.27 bits per heavy atom. The summed E-state index contributed by atoms with van der Waals surface area (Å²) in [5.74, 6) is -3.05. The minimum Gasteiger partial charge on any atom is -0.508 e. The zero-order chi connectivity index (χ0) is 24.0. The summed E-state index contributed by atoms with van der Waals surface area (Å²) in [5.41, 5.74) is -1.19. The van der Waals surface area contributed by atoms with Gasteiger partial charge in [-0.05, 0) is 18.2 Å². The third kappa shape index (κ3) is 3.90. The van der Waals surface area contributed by atoms with Crippen molar-refractivity contribution >= 4 is 11.0 Å². The van der Waals surface area contributed by atoms with E-state index in [9.17, 15) is 45.6 Å². The minimum atomic E-state index is -1.85. The van der Waals surface area contributed by atoms with Crippen molar-refractivity contribution in [3.05, 3.63) is 40.6 Å². The second kappa shape index (κ2) is 8.42. The van der Waals surface area contributed by atoms with Gasteiger partial charge in [0.05, 0.1) is 6.61 Å². The first kappa shape index (κ1) is 22.6. The van der Waals surface area contributed by atoms with E-state index in [1.807, 2.05) is 0 Å². The Labute approximate surface area is 184 Å². The molecule has 1 aliphatic heterocycles. The summed E-state index contributed by atoms with van der Waals surface area (Å²) < 4.78 is 16.5. The Hall–Kier alpha value is -3.55. The van der Waals surface area contributed by atoms with Gasteiger partial charge in [0.2, 0.25) is 17.5 Å². The van der Waals surface area contributed by atoms with Crippen molar-refractivity contribution < 1.29 is 54.7 Å². The molecular formula is C21H20O12. The molecule has 4 rings (SSSR count). The molecule has 2 aromatic carbocycles. The van der Waals surface area contributed by atoms with Crippen molar-refractivity contribution in [1.82, 2.24) is 0 Å². The molecule has 8 N–H and O–H groups in total. The van der Waals surface area contributed by atoms with Crippen molar-refractivity contribution in [3.8, 4) is 40.1 Å². The number of hydrogen-bond acceptors (Lipinski definition) is 12. The number of aliphatic hydroxyl groups is 4. The highest BCUT2D eigenvalue weighted by Crippen LogP contribution is 2.39. The fourth-order valence-electron chi connectivity index (χ4n) is 3.51. The van der Waals surface area contributed by atoms with Crippen LogP contribution in [0.1, 0.15) is 0 Å². The smallest absolute Gasteiger partial charge is 0.239 e. The molecule has 2 heterocycles. The number of phenols is 4. The number of ether oxygens (including phenoxy) is 2. The van der Waals surface area contributed by atoms with E-state index in [4.69, 9.17) is 13.9 Å². The third-order valence-corrected chi connectivity index (χ3v) is 5.24. The van der Waals surface area contributed by atoms with Gasteiger partial charge in [-0.25, -0.2) is 0 Å². The monoisotopic (exact) mass is 464 g/mol. The van der Waals surface area contributed by atoms with Crippen LogP contribution in [0, 0.1) is 0 Å². The van der Waals surface area contributed by atoms with Crippen molar-refractivity contribution in [3.63, 3.8) is 0 Å². The zero-order valence-corrected chi connectivity index (χ0v) is 16.7. The first-order valence-electron chi connectivity index (χ1n) is 9.64. The maximum atomic E-state index is 13.2. The molecule has 176 valence electrons. The van der Waals surface area contributed by atoms with E-state index in [0.29, 0.717) is 0 Å². The molecule has 12 nitrogen and oxygen atoms in total. The average Bonchev–Trinajstić information content (AvgIpc) is 2.76. The molecule has 0 radical (unpaired) electrons. The van der Waals surface area contributed by atoms with Crippen molar-refractivity contribution in [2.24, 2.45) is 0 Å². The van der Waals surface area contributed by atoms with Gasteiger partial charge in [-0.2, -0.15) is 0 Å². The standard InChI is InChI=1S/C21H20O12/c22-6-13-15(27)17(29)18(30)21(32-13)33-20-16(28)14-11(26)4-8(23)5-12(14)31-19(20)7-1-2-9(24)10(25)3-7/h1-5,13,15,17-18,21-27,29-30H,6H2/t13?,15-,17?,18-,21?/m1/s1. The van der Waals surface area contributed by atoms with Crippen LogP contribution in [0.3, 0.4) is 0 Å². The molecule has 0 bridgehead atoms. The van der Waals surface area contributed by atoms with Crippen LogP contribution in [0.15, 0.2) is 39.5 Å². The van der Waals surface area contributed by atoms with Gasteiger partial charge in [0.15, 0.2) is 17.3 Å². The third-order valence-electron chi connectivity index (χ3n) is 5.24. The second-order valence-corrected chi connectivity index (χ2v) is 7.45. The first-order valence-corrected chi connectivity index (χ1v) is 9.64. The molecule has 0 saturated carbocycles. The lowest BCUT2D eigenvalue weighted by Gasteiger charge is -2.39. The van der Waals surface area contributed by atoms with Gasteiger partial charge in [-0.1, -0.05) is 0 Å². The first-order chi connectivity index (χ1) is 15.6. The van der Waals surface area contributed by atoms with Crippen LogP contribution in [0.4, 0.5) is 0 Å². The summed E-state index contributed by atoms with van der Waals surface area (Å²) in [6.45, 7) is -0.740. The number of phenolic OH excluding ortho intramolecular Hbond substituents is 4. The normalized spacial score (nSPS) is 25.3. The largest absolute Gasteiger partial charge is 0.508 e. The number of fused-ring (bicyclic) bond motifs is 1. The van der Waals surface area contributed by atoms with Gasteiger partial charge in [0.1, 0.15) is 46.9 Å². The van der Waals surface area contributed by atoms with E-state index in [1.165, 1.54) is 6.07 Å². The molecule has 1 aliphatic rings. The summed E-state index contributed by atoms with van der Waals surface area (Å²) in [5, 5.41) is 78.7. The van der Waals surface area contributed by atoms with Gasteiger partial charge >= 0.3 is 0 Å². The topological polar surface area (TPSA) is 211 Å². The van der Waals surface area contributed by atoms with E-state index in [0.717, 1.165) is 24.3 Å². The van der Waals surface area contributed by atoms with Crippen LogP contribution < -0.4 is 10.2 Å². The van der Waals surface area contributed by atoms with Gasteiger partial charge < -0.3 is 54.7 Å². The van der Waals surface area contributed by atoms with Crippen LogP contribution in [0.5, 0.6) is 28.7 Å². The highest BCUT2D eigenvalue weighted by molar-refractivity contribution is 5.88. The highest BCUT2D eigenvalue weighted by atomic mass is 16.7. The van der Waals surface area contributed by atoms with Crippen LogP contribution in [0.25, 0.3) is 22.3 Å². The molecule has 0 spiro atoms. The Kier molecular flexibility index (Phi) is 5.78. The molecule has 3 unspecified atom stereocenters. The Morgan fingerprint density at radius 1 is 0.879 bits per heavy atom. The SMILES string of the molecule is O=c1c(OC2OC(CO)[C@@H](O)C(O)[C@H]2O)c(-c2ccc(O)c(O)c2)oc2cc(O)cc(O)c12. The number of aromatic hydroxyl groups is 4. The summed E-state index contributed by atoms with van der Waals surface area (Å²) in [7, 11) is 0. The fourth-order valence-corrected chi connectivity index (χ4v) is 3.51. The van der Waals surface area contributed by atoms with E-state index in [-0.39, 0.29) is 22.3 Å². The summed E-state index contributed by atoms with van der Waals surface area (Å²) in [6.07, 6.45) is -8.40. The Balaban J connectivity index is 1.91. The van der Waals surface area contributed by atoms with Gasteiger partial charge in [0.25, 0.3) is 0 Å². The number of benzene rings is 2. The van der Waals surface area contributed by atoms with E-state index < -0.39 is 71.5 Å². The van der Waals surface area contributed by atoms with Crippen molar-refractivity contribution in [2.75, 3.05) is 6.61 Å². The lowest BCUT2D eigenvalue weighted by atomic mass is 9.99. The number of hydrogen-bond donors (Lipinski definition) is 8. The molecule has 1 fully saturated rings. The van der Waals surface area contributed by atoms with Crippen molar-refractivity contribution in [2.45, 2.75) is 30.7 Å². The predicted molar refractivity (Wildman–Crippen MR) is 109 cm³/mol. The van der Waals surface area contributed by atoms with Gasteiger partial charge in [0, 0.05) is 17.7 Å². The van der Waals surface area contributed by atoms with Crippen LogP contribution in [-0.4, -0.2) is 78.2 Å². The average molecular weight is 464 g/mol. The number of rotatable bonds is 4. The van der Waals surface area contributed by atoms with Gasteiger partial charge in [-0.3, -0.25) is 4.79 Å². The maximum Gasteiger partial charge on any atom is 0.239 e. The molecule has 33 heavy (non-hydrogen) atoms. The van der Waals surface area contributed by atoms with Gasteiger partial charge in [-0.15, -0.1) is 0 Å². The van der Waals surface area contributed by atoms with Crippen LogP contribution in [0.2, 0.25) is 0 Å². The lowest BCUT2D eigenvalue weighted by molar-refractivity contribution is -0.277. The summed E-state index contributed by atoms with van der Waals surface area (Å²) >= 11 is 0. The van der Waals surface area contributed by atoms with E-state index >= 15 is 0 Å². The number of aliphatic hydroxyl groups excluding tert-OH is 4. The molecular weight excluding hydrogens is 444 g/mol. The highest BCUT2D eigenvalue weighted by Gasteiger charge is 2.45. The Bertz CT molecular complexity index is 1250. The fraction of sp³-hybridized carbons (Fsp3) is 0.286. The lowest BCUT2D eigenvalue weighted by Crippen LogP contribution is -2.60.